The maximum atomic E-state index is 12.2. The van der Waals surface area contributed by atoms with Crippen LogP contribution in [0.25, 0.3) is 6.08 Å². The fraction of sp³-hybridized carbons (Fsp3) is 0.158. The van der Waals surface area contributed by atoms with Crippen LogP contribution in [0.5, 0.6) is 11.5 Å². The lowest BCUT2D eigenvalue weighted by molar-refractivity contribution is -0.115. The Morgan fingerprint density at radius 2 is 1.84 bits per heavy atom. The molecule has 0 spiro atoms. The molecule has 0 aromatic heterocycles. The van der Waals surface area contributed by atoms with Gasteiger partial charge in [-0.3, -0.25) is 4.79 Å². The number of amidine groups is 1. The van der Waals surface area contributed by atoms with E-state index in [0.29, 0.717) is 21.6 Å². The Morgan fingerprint density at radius 1 is 1.08 bits per heavy atom. The van der Waals surface area contributed by atoms with Gasteiger partial charge in [-0.15, -0.1) is 0 Å². The Labute approximate surface area is 150 Å². The summed E-state index contributed by atoms with van der Waals surface area (Å²) < 4.78 is 10.6. The van der Waals surface area contributed by atoms with E-state index in [2.05, 4.69) is 10.3 Å². The summed E-state index contributed by atoms with van der Waals surface area (Å²) in [7, 11) is 3.18. The van der Waals surface area contributed by atoms with Crippen molar-refractivity contribution < 1.29 is 14.3 Å². The highest BCUT2D eigenvalue weighted by atomic mass is 32.2. The molecule has 1 heterocycles. The van der Waals surface area contributed by atoms with Gasteiger partial charge in [0.25, 0.3) is 5.91 Å². The van der Waals surface area contributed by atoms with Gasteiger partial charge in [-0.1, -0.05) is 17.7 Å². The van der Waals surface area contributed by atoms with E-state index in [9.17, 15) is 4.79 Å². The van der Waals surface area contributed by atoms with E-state index in [1.807, 2.05) is 43.3 Å². The van der Waals surface area contributed by atoms with Gasteiger partial charge in [-0.25, -0.2) is 4.99 Å². The molecule has 0 unspecified atom stereocenters. The van der Waals surface area contributed by atoms with Crippen LogP contribution in [-0.2, 0) is 4.79 Å². The van der Waals surface area contributed by atoms with Gasteiger partial charge >= 0.3 is 0 Å². The number of nitrogens with one attached hydrogen (secondary N) is 1. The second kappa shape index (κ2) is 7.44. The molecular weight excluding hydrogens is 336 g/mol. The molecule has 25 heavy (non-hydrogen) atoms. The summed E-state index contributed by atoms with van der Waals surface area (Å²) in [5, 5.41) is 3.35. The number of carbonyl (C=O) groups is 1. The summed E-state index contributed by atoms with van der Waals surface area (Å²) in [4.78, 5) is 17.2. The zero-order chi connectivity index (χ0) is 17.8. The first-order valence-electron chi connectivity index (χ1n) is 7.67. The number of benzene rings is 2. The number of hydrogen-bond donors (Lipinski definition) is 1. The first-order chi connectivity index (χ1) is 12.1. The molecule has 1 saturated heterocycles. The van der Waals surface area contributed by atoms with Gasteiger partial charge in [0, 0.05) is 11.6 Å². The fourth-order valence-electron chi connectivity index (χ4n) is 2.30. The van der Waals surface area contributed by atoms with Crippen LogP contribution in [0, 0.1) is 6.92 Å². The molecule has 1 N–H and O–H groups in total. The normalized spacial score (nSPS) is 17.0. The Kier molecular flexibility index (Phi) is 5.09. The van der Waals surface area contributed by atoms with Crippen LogP contribution in [0.2, 0.25) is 0 Å². The molecule has 1 aliphatic heterocycles. The van der Waals surface area contributed by atoms with Crippen LogP contribution in [0.15, 0.2) is 52.4 Å². The lowest BCUT2D eigenvalue weighted by atomic mass is 10.1. The third-order valence-electron chi connectivity index (χ3n) is 3.64. The molecule has 1 aliphatic rings. The van der Waals surface area contributed by atoms with Gasteiger partial charge in [0.1, 0.15) is 11.5 Å². The largest absolute Gasteiger partial charge is 0.497 e. The van der Waals surface area contributed by atoms with Gasteiger partial charge in [0.05, 0.1) is 24.8 Å². The first kappa shape index (κ1) is 17.1. The lowest BCUT2D eigenvalue weighted by Crippen LogP contribution is -2.19. The maximum Gasteiger partial charge on any atom is 0.264 e. The molecule has 2 aromatic rings. The molecule has 0 saturated carbocycles. The summed E-state index contributed by atoms with van der Waals surface area (Å²) in [6.45, 7) is 2.02. The number of thioether (sulfide) groups is 1. The quantitative estimate of drug-likeness (QED) is 0.846. The topological polar surface area (TPSA) is 59.9 Å². The molecule has 2 aromatic carbocycles. The van der Waals surface area contributed by atoms with Gasteiger partial charge < -0.3 is 14.8 Å². The Morgan fingerprint density at radius 3 is 2.52 bits per heavy atom. The number of nitrogens with zero attached hydrogens (tertiary/aromatic N) is 1. The summed E-state index contributed by atoms with van der Waals surface area (Å²) >= 11 is 1.31. The van der Waals surface area contributed by atoms with Crippen molar-refractivity contribution in [3.63, 3.8) is 0 Å². The third kappa shape index (κ3) is 4.03. The zero-order valence-electron chi connectivity index (χ0n) is 14.2. The average molecular weight is 354 g/mol. The molecule has 0 aliphatic carbocycles. The van der Waals surface area contributed by atoms with E-state index in [1.165, 1.54) is 17.3 Å². The minimum atomic E-state index is -0.172. The van der Waals surface area contributed by atoms with Gasteiger partial charge in [0.2, 0.25) is 0 Å². The first-order valence-corrected chi connectivity index (χ1v) is 8.49. The van der Waals surface area contributed by atoms with E-state index in [4.69, 9.17) is 9.47 Å². The number of amides is 1. The summed E-state index contributed by atoms with van der Waals surface area (Å²) in [5.41, 5.74) is 2.77. The van der Waals surface area contributed by atoms with Gasteiger partial charge in [-0.05, 0) is 49.0 Å². The van der Waals surface area contributed by atoms with E-state index in [1.54, 1.807) is 26.4 Å². The molecular formula is C19H18N2O3S. The maximum absolute atomic E-state index is 12.2. The zero-order valence-corrected chi connectivity index (χ0v) is 15.0. The third-order valence-corrected chi connectivity index (χ3v) is 4.55. The molecule has 1 fully saturated rings. The molecule has 128 valence electrons. The standard InChI is InChI=1S/C19H18N2O3S/c1-12-4-7-14(8-5-12)20-19-21-18(22)17(25-19)10-13-6-9-15(23-2)11-16(13)24-3/h4-11H,1-3H3,(H,20,21,22)/b17-10-. The van der Waals surface area contributed by atoms with Gasteiger partial charge in [0.15, 0.2) is 5.17 Å². The number of hydrogen-bond acceptors (Lipinski definition) is 5. The fourth-order valence-corrected chi connectivity index (χ4v) is 3.13. The lowest BCUT2D eigenvalue weighted by Gasteiger charge is -2.07. The highest BCUT2D eigenvalue weighted by Crippen LogP contribution is 2.32. The predicted molar refractivity (Wildman–Crippen MR) is 102 cm³/mol. The van der Waals surface area contributed by atoms with Crippen molar-refractivity contribution in [1.82, 2.24) is 5.32 Å². The van der Waals surface area contributed by atoms with Crippen molar-refractivity contribution in [3.8, 4) is 11.5 Å². The summed E-state index contributed by atoms with van der Waals surface area (Å²) in [5.74, 6) is 1.17. The van der Waals surface area contributed by atoms with Crippen LogP contribution in [0.1, 0.15) is 11.1 Å². The van der Waals surface area contributed by atoms with Crippen molar-refractivity contribution in [3.05, 3.63) is 58.5 Å². The highest BCUT2D eigenvalue weighted by Gasteiger charge is 2.24. The Balaban J connectivity index is 1.85. The van der Waals surface area contributed by atoms with Crippen molar-refractivity contribution >= 4 is 34.6 Å². The molecule has 0 radical (unpaired) electrons. The second-order valence-electron chi connectivity index (χ2n) is 5.43. The molecule has 6 heteroatoms. The van der Waals surface area contributed by atoms with E-state index < -0.39 is 0 Å². The van der Waals surface area contributed by atoms with Crippen molar-refractivity contribution in [2.45, 2.75) is 6.92 Å². The number of carbonyl (C=O) groups excluding carboxylic acids is 1. The predicted octanol–water partition coefficient (Wildman–Crippen LogP) is 3.90. The van der Waals surface area contributed by atoms with Crippen LogP contribution < -0.4 is 14.8 Å². The van der Waals surface area contributed by atoms with Crippen molar-refractivity contribution in [2.75, 3.05) is 14.2 Å². The number of aliphatic imine (C=N–C) groups is 1. The van der Waals surface area contributed by atoms with E-state index in [-0.39, 0.29) is 5.91 Å². The van der Waals surface area contributed by atoms with Crippen molar-refractivity contribution in [1.29, 1.82) is 0 Å². The highest BCUT2D eigenvalue weighted by molar-refractivity contribution is 8.18. The number of methoxy groups -OCH3 is 2. The number of aryl methyl sites for hydroxylation is 1. The molecule has 0 atom stereocenters. The molecule has 5 nitrogen and oxygen atoms in total. The monoisotopic (exact) mass is 354 g/mol. The number of ether oxygens (including phenoxy) is 2. The van der Waals surface area contributed by atoms with Crippen molar-refractivity contribution in [2.24, 2.45) is 4.99 Å². The van der Waals surface area contributed by atoms with E-state index >= 15 is 0 Å². The smallest absolute Gasteiger partial charge is 0.264 e. The Hall–Kier alpha value is -2.73. The number of rotatable bonds is 4. The van der Waals surface area contributed by atoms with Crippen LogP contribution in [-0.4, -0.2) is 25.3 Å². The van der Waals surface area contributed by atoms with Gasteiger partial charge in [-0.2, -0.15) is 0 Å². The minimum Gasteiger partial charge on any atom is -0.497 e. The summed E-state index contributed by atoms with van der Waals surface area (Å²) in [6, 6.07) is 13.3. The van der Waals surface area contributed by atoms with Crippen LogP contribution >= 0.6 is 11.8 Å². The minimum absolute atomic E-state index is 0.172. The molecule has 3 rings (SSSR count). The molecule has 1 amide bonds. The van der Waals surface area contributed by atoms with E-state index in [0.717, 1.165) is 11.3 Å². The Bertz CT molecular complexity index is 857. The SMILES string of the molecule is COc1ccc(/C=C2\SC(=Nc3ccc(C)cc3)NC2=O)c(OC)c1. The average Bonchev–Trinajstić information content (AvgIpc) is 2.96. The summed E-state index contributed by atoms with van der Waals surface area (Å²) in [6.07, 6.45) is 1.79. The van der Waals surface area contributed by atoms with Crippen LogP contribution in [0.3, 0.4) is 0 Å². The second-order valence-corrected chi connectivity index (χ2v) is 6.46. The van der Waals surface area contributed by atoms with Crippen LogP contribution in [0.4, 0.5) is 5.69 Å². The molecule has 0 bridgehead atoms.